The molecule has 0 bridgehead atoms. The molecule has 0 amide bonds. The number of hydrogen-bond acceptors (Lipinski definition) is 5. The van der Waals surface area contributed by atoms with Crippen LogP contribution in [0.1, 0.15) is 31.3 Å². The van der Waals surface area contributed by atoms with E-state index >= 15 is 0 Å². The Kier molecular flexibility index (Phi) is 4.25. The molecule has 0 aliphatic rings. The summed E-state index contributed by atoms with van der Waals surface area (Å²) in [5.41, 5.74) is 1.11. The molecular weight excluding hydrogens is 244 g/mol. The van der Waals surface area contributed by atoms with Gasteiger partial charge >= 0.3 is 0 Å². The van der Waals surface area contributed by atoms with Crippen LogP contribution < -0.4 is 4.90 Å². The van der Waals surface area contributed by atoms with Gasteiger partial charge in [0.15, 0.2) is 0 Å². The summed E-state index contributed by atoms with van der Waals surface area (Å²) < 4.78 is 4.37. The molecule has 5 heteroatoms. The van der Waals surface area contributed by atoms with E-state index in [0.717, 1.165) is 29.6 Å². The van der Waals surface area contributed by atoms with Crippen molar-refractivity contribution in [2.24, 2.45) is 0 Å². The van der Waals surface area contributed by atoms with Gasteiger partial charge in [0.05, 0.1) is 0 Å². The smallest absolute Gasteiger partial charge is 0.204 e. The summed E-state index contributed by atoms with van der Waals surface area (Å²) in [6, 6.07) is 6.00. The normalized spacial score (nSPS) is 10.9. The van der Waals surface area contributed by atoms with Gasteiger partial charge in [-0.15, -0.1) is 0 Å². The highest BCUT2D eigenvalue weighted by Crippen LogP contribution is 2.20. The molecule has 0 fully saturated rings. The minimum Gasteiger partial charge on any atom is -0.350 e. The third kappa shape index (κ3) is 3.26. The van der Waals surface area contributed by atoms with Crippen LogP contribution in [0.5, 0.6) is 0 Å². The molecule has 2 aromatic heterocycles. The molecule has 0 spiro atoms. The first kappa shape index (κ1) is 13.0. The average molecular weight is 262 g/mol. The Morgan fingerprint density at radius 3 is 2.78 bits per heavy atom. The van der Waals surface area contributed by atoms with Gasteiger partial charge in [0.2, 0.25) is 5.13 Å². The molecule has 96 valence electrons. The molecule has 0 aliphatic heterocycles. The fourth-order valence-corrected chi connectivity index (χ4v) is 2.33. The van der Waals surface area contributed by atoms with E-state index in [1.807, 2.05) is 31.4 Å². The lowest BCUT2D eigenvalue weighted by Crippen LogP contribution is -2.20. The molecule has 4 nitrogen and oxygen atoms in total. The maximum atomic E-state index is 4.53. The number of rotatable bonds is 5. The second-order valence-corrected chi connectivity index (χ2v) is 5.31. The SMILES string of the molecule is CC(C)c1nsc(N(C)CCc2ccccn2)n1. The van der Waals surface area contributed by atoms with E-state index in [-0.39, 0.29) is 0 Å². The van der Waals surface area contributed by atoms with Crippen molar-refractivity contribution in [3.8, 4) is 0 Å². The van der Waals surface area contributed by atoms with Gasteiger partial charge < -0.3 is 4.90 Å². The van der Waals surface area contributed by atoms with E-state index in [1.165, 1.54) is 11.5 Å². The van der Waals surface area contributed by atoms with E-state index in [2.05, 4.69) is 33.1 Å². The van der Waals surface area contributed by atoms with E-state index in [4.69, 9.17) is 0 Å². The van der Waals surface area contributed by atoms with E-state index in [0.29, 0.717) is 5.92 Å². The first-order valence-electron chi connectivity index (χ1n) is 6.11. The fraction of sp³-hybridized carbons (Fsp3) is 0.462. The summed E-state index contributed by atoms with van der Waals surface area (Å²) in [4.78, 5) is 11.0. The lowest BCUT2D eigenvalue weighted by Gasteiger charge is -2.14. The van der Waals surface area contributed by atoms with Crippen LogP contribution in [0, 0.1) is 0 Å². The predicted octanol–water partition coefficient (Wildman–Crippen LogP) is 2.74. The van der Waals surface area contributed by atoms with Crippen LogP contribution >= 0.6 is 11.5 Å². The van der Waals surface area contributed by atoms with Crippen LogP contribution in [0.25, 0.3) is 0 Å². The molecule has 0 radical (unpaired) electrons. The van der Waals surface area contributed by atoms with Gasteiger partial charge in [-0.05, 0) is 12.1 Å². The van der Waals surface area contributed by atoms with Crippen molar-refractivity contribution in [2.75, 3.05) is 18.5 Å². The molecule has 0 N–H and O–H groups in total. The number of nitrogens with zero attached hydrogens (tertiary/aromatic N) is 4. The van der Waals surface area contributed by atoms with E-state index in [9.17, 15) is 0 Å². The standard InChI is InChI=1S/C13H18N4S/c1-10(2)12-15-13(18-16-12)17(3)9-7-11-6-4-5-8-14-11/h4-6,8,10H,7,9H2,1-3H3. The molecule has 0 atom stereocenters. The van der Waals surface area contributed by atoms with Gasteiger partial charge in [0, 0.05) is 49.4 Å². The molecular formula is C13H18N4S. The number of hydrogen-bond donors (Lipinski definition) is 0. The first-order chi connectivity index (χ1) is 8.66. The zero-order chi connectivity index (χ0) is 13.0. The Morgan fingerprint density at radius 2 is 2.17 bits per heavy atom. The molecule has 0 aromatic carbocycles. The van der Waals surface area contributed by atoms with Crippen LogP contribution in [0.4, 0.5) is 5.13 Å². The van der Waals surface area contributed by atoms with Gasteiger partial charge in [0.25, 0.3) is 0 Å². The van der Waals surface area contributed by atoms with Crippen molar-refractivity contribution in [3.63, 3.8) is 0 Å². The molecule has 0 unspecified atom stereocenters. The maximum absolute atomic E-state index is 4.53. The Labute approximate surface area is 112 Å². The van der Waals surface area contributed by atoms with Gasteiger partial charge in [-0.2, -0.15) is 4.37 Å². The van der Waals surface area contributed by atoms with Crippen molar-refractivity contribution in [3.05, 3.63) is 35.9 Å². The lowest BCUT2D eigenvalue weighted by molar-refractivity contribution is 0.788. The Bertz CT molecular complexity index is 481. The molecule has 0 aliphatic carbocycles. The minimum atomic E-state index is 0.388. The summed E-state index contributed by atoms with van der Waals surface area (Å²) in [5, 5.41) is 0.981. The maximum Gasteiger partial charge on any atom is 0.204 e. The van der Waals surface area contributed by atoms with E-state index in [1.54, 1.807) is 0 Å². The molecule has 2 heterocycles. The number of aromatic nitrogens is 3. The summed E-state index contributed by atoms with van der Waals surface area (Å²) in [6.07, 6.45) is 2.76. The zero-order valence-corrected chi connectivity index (χ0v) is 11.8. The third-order valence-electron chi connectivity index (χ3n) is 2.70. The predicted molar refractivity (Wildman–Crippen MR) is 75.2 cm³/mol. The molecule has 2 rings (SSSR count). The lowest BCUT2D eigenvalue weighted by atomic mass is 10.2. The van der Waals surface area contributed by atoms with E-state index < -0.39 is 0 Å². The van der Waals surface area contributed by atoms with Crippen LogP contribution in [0.3, 0.4) is 0 Å². The third-order valence-corrected chi connectivity index (χ3v) is 3.55. The van der Waals surface area contributed by atoms with Crippen molar-refractivity contribution in [2.45, 2.75) is 26.2 Å². The van der Waals surface area contributed by atoms with Crippen LogP contribution in [-0.4, -0.2) is 27.9 Å². The number of pyridine rings is 1. The molecule has 0 saturated carbocycles. The van der Waals surface area contributed by atoms with Gasteiger partial charge in [-0.3, -0.25) is 4.98 Å². The quantitative estimate of drug-likeness (QED) is 0.831. The second kappa shape index (κ2) is 5.91. The van der Waals surface area contributed by atoms with Crippen molar-refractivity contribution < 1.29 is 0 Å². The minimum absolute atomic E-state index is 0.388. The van der Waals surface area contributed by atoms with Gasteiger partial charge in [0.1, 0.15) is 5.82 Å². The van der Waals surface area contributed by atoms with Crippen LogP contribution in [0.15, 0.2) is 24.4 Å². The van der Waals surface area contributed by atoms with Crippen molar-refractivity contribution in [1.29, 1.82) is 0 Å². The molecule has 0 saturated heterocycles. The summed E-state index contributed by atoms with van der Waals surface area (Å²) >= 11 is 1.47. The Morgan fingerprint density at radius 1 is 1.33 bits per heavy atom. The molecule has 18 heavy (non-hydrogen) atoms. The summed E-state index contributed by atoms with van der Waals surface area (Å²) in [7, 11) is 2.05. The Balaban J connectivity index is 1.93. The summed E-state index contributed by atoms with van der Waals surface area (Å²) in [5.74, 6) is 1.32. The van der Waals surface area contributed by atoms with Gasteiger partial charge in [-0.25, -0.2) is 4.98 Å². The second-order valence-electron chi connectivity index (χ2n) is 4.58. The van der Waals surface area contributed by atoms with Crippen molar-refractivity contribution >= 4 is 16.7 Å². The van der Waals surface area contributed by atoms with Crippen LogP contribution in [-0.2, 0) is 6.42 Å². The van der Waals surface area contributed by atoms with Crippen molar-refractivity contribution in [1.82, 2.24) is 14.3 Å². The summed E-state index contributed by atoms with van der Waals surface area (Å²) in [6.45, 7) is 5.13. The van der Waals surface area contributed by atoms with Crippen LogP contribution in [0.2, 0.25) is 0 Å². The fourth-order valence-electron chi connectivity index (χ4n) is 1.54. The zero-order valence-electron chi connectivity index (χ0n) is 11.0. The largest absolute Gasteiger partial charge is 0.350 e. The highest BCUT2D eigenvalue weighted by Gasteiger charge is 2.11. The molecule has 2 aromatic rings. The highest BCUT2D eigenvalue weighted by molar-refractivity contribution is 7.09. The Hall–Kier alpha value is -1.49. The first-order valence-corrected chi connectivity index (χ1v) is 6.89. The van der Waals surface area contributed by atoms with Gasteiger partial charge in [-0.1, -0.05) is 19.9 Å². The monoisotopic (exact) mass is 262 g/mol. The number of anilines is 1. The number of likely N-dealkylation sites (N-methyl/N-ethyl adjacent to an activating group) is 1. The topological polar surface area (TPSA) is 41.9 Å². The highest BCUT2D eigenvalue weighted by atomic mass is 32.1. The average Bonchev–Trinajstić information content (AvgIpc) is 2.87.